The average Bonchev–Trinajstić information content (AvgIpc) is 3.43. The van der Waals surface area contributed by atoms with E-state index in [1.165, 1.54) is 6.26 Å². The van der Waals surface area contributed by atoms with Crippen LogP contribution in [0.2, 0.25) is 5.02 Å². The number of hydrogen-bond acceptors (Lipinski definition) is 4. The van der Waals surface area contributed by atoms with Gasteiger partial charge < -0.3 is 20.0 Å². The Hall–Kier alpha value is -3.58. The predicted molar refractivity (Wildman–Crippen MR) is 117 cm³/mol. The van der Waals surface area contributed by atoms with Crippen molar-refractivity contribution in [3.05, 3.63) is 83.3 Å². The van der Waals surface area contributed by atoms with Crippen LogP contribution in [0.3, 0.4) is 0 Å². The van der Waals surface area contributed by atoms with Gasteiger partial charge in [-0.1, -0.05) is 23.7 Å². The minimum atomic E-state index is -0.526. The molecule has 1 fully saturated rings. The van der Waals surface area contributed by atoms with Gasteiger partial charge in [0, 0.05) is 23.7 Å². The van der Waals surface area contributed by atoms with Crippen molar-refractivity contribution >= 4 is 40.7 Å². The molecule has 7 nitrogen and oxygen atoms in total. The van der Waals surface area contributed by atoms with Crippen molar-refractivity contribution in [3.63, 3.8) is 0 Å². The van der Waals surface area contributed by atoms with Crippen LogP contribution in [0.1, 0.15) is 22.5 Å². The zero-order valence-electron chi connectivity index (χ0n) is 16.5. The molecule has 3 amide bonds. The second-order valence-electron chi connectivity index (χ2n) is 7.18. The number of amides is 3. The van der Waals surface area contributed by atoms with E-state index in [9.17, 15) is 14.4 Å². The Kier molecular flexibility index (Phi) is 6.04. The zero-order chi connectivity index (χ0) is 21.8. The Bertz CT molecular complexity index is 1100. The largest absolute Gasteiger partial charge is 0.467 e. The summed E-state index contributed by atoms with van der Waals surface area (Å²) in [6, 6.07) is 17.2. The fraction of sp³-hybridized carbons (Fsp3) is 0.174. The van der Waals surface area contributed by atoms with Crippen molar-refractivity contribution < 1.29 is 18.8 Å². The molecule has 1 saturated heterocycles. The molecule has 4 rings (SSSR count). The van der Waals surface area contributed by atoms with Gasteiger partial charge in [-0.25, -0.2) is 0 Å². The van der Waals surface area contributed by atoms with Crippen molar-refractivity contribution in [2.24, 2.45) is 5.92 Å². The van der Waals surface area contributed by atoms with Gasteiger partial charge in [-0.2, -0.15) is 0 Å². The first kappa shape index (κ1) is 20.7. The molecule has 2 N–H and O–H groups in total. The van der Waals surface area contributed by atoms with E-state index >= 15 is 0 Å². The smallest absolute Gasteiger partial charge is 0.253 e. The molecule has 1 aromatic heterocycles. The Balaban J connectivity index is 1.42. The van der Waals surface area contributed by atoms with Gasteiger partial charge >= 0.3 is 0 Å². The van der Waals surface area contributed by atoms with Crippen molar-refractivity contribution in [1.82, 2.24) is 5.32 Å². The maximum absolute atomic E-state index is 12.9. The first-order valence-electron chi connectivity index (χ1n) is 9.77. The molecule has 0 radical (unpaired) electrons. The van der Waals surface area contributed by atoms with Gasteiger partial charge in [-0.3, -0.25) is 14.4 Å². The first-order valence-corrected chi connectivity index (χ1v) is 10.2. The van der Waals surface area contributed by atoms with E-state index in [-0.39, 0.29) is 37.2 Å². The fourth-order valence-corrected chi connectivity index (χ4v) is 3.58. The van der Waals surface area contributed by atoms with Crippen LogP contribution in [0.5, 0.6) is 0 Å². The Morgan fingerprint density at radius 1 is 1.06 bits per heavy atom. The van der Waals surface area contributed by atoms with Gasteiger partial charge in [-0.05, 0) is 48.5 Å². The third kappa shape index (κ3) is 4.78. The monoisotopic (exact) mass is 437 g/mol. The fourth-order valence-electron chi connectivity index (χ4n) is 3.45. The standard InChI is InChI=1S/C23H20ClN3O4/c24-16-7-9-17(10-8-16)27-14-15(12-21(27)28)22(29)26-20-6-2-1-5-19(20)23(30)25-13-18-4-3-11-31-18/h1-11,15H,12-14H2,(H,25,30)(H,26,29)/t15-/m1/s1. The van der Waals surface area contributed by atoms with Gasteiger partial charge in [0.1, 0.15) is 5.76 Å². The molecule has 2 heterocycles. The highest BCUT2D eigenvalue weighted by molar-refractivity contribution is 6.30. The number of anilines is 2. The number of nitrogens with zero attached hydrogens (tertiary/aromatic N) is 1. The molecular weight excluding hydrogens is 418 g/mol. The molecule has 3 aromatic rings. The summed E-state index contributed by atoms with van der Waals surface area (Å²) in [5, 5.41) is 6.15. The lowest BCUT2D eigenvalue weighted by atomic mass is 10.1. The van der Waals surface area contributed by atoms with Crippen LogP contribution < -0.4 is 15.5 Å². The van der Waals surface area contributed by atoms with Crippen LogP contribution in [0.25, 0.3) is 0 Å². The van der Waals surface area contributed by atoms with Crippen LogP contribution in [-0.2, 0) is 16.1 Å². The normalized spacial score (nSPS) is 15.7. The second-order valence-corrected chi connectivity index (χ2v) is 7.62. The highest BCUT2D eigenvalue weighted by Crippen LogP contribution is 2.27. The minimum Gasteiger partial charge on any atom is -0.467 e. The molecular formula is C23H20ClN3O4. The summed E-state index contributed by atoms with van der Waals surface area (Å²) in [4.78, 5) is 39.5. The third-order valence-corrected chi connectivity index (χ3v) is 5.32. The number of rotatable bonds is 6. The van der Waals surface area contributed by atoms with Gasteiger partial charge in [0.25, 0.3) is 5.91 Å². The number of benzene rings is 2. The van der Waals surface area contributed by atoms with Gasteiger partial charge in [-0.15, -0.1) is 0 Å². The maximum Gasteiger partial charge on any atom is 0.253 e. The van der Waals surface area contributed by atoms with E-state index in [1.807, 2.05) is 0 Å². The molecule has 0 saturated carbocycles. The Morgan fingerprint density at radius 2 is 1.84 bits per heavy atom. The number of halogens is 1. The molecule has 0 spiro atoms. The van der Waals surface area contributed by atoms with E-state index in [4.69, 9.17) is 16.0 Å². The number of hydrogen-bond donors (Lipinski definition) is 2. The van der Waals surface area contributed by atoms with Crippen molar-refractivity contribution in [2.45, 2.75) is 13.0 Å². The SMILES string of the molecule is O=C(NCc1ccco1)c1ccccc1NC(=O)[C@@H]1CC(=O)N(c2ccc(Cl)cc2)C1. The number of carbonyl (C=O) groups excluding carboxylic acids is 3. The molecule has 1 atom stereocenters. The summed E-state index contributed by atoms with van der Waals surface area (Å²) < 4.78 is 5.22. The molecule has 1 aliphatic heterocycles. The lowest BCUT2D eigenvalue weighted by molar-refractivity contribution is -0.122. The van der Waals surface area contributed by atoms with Gasteiger partial charge in [0.2, 0.25) is 11.8 Å². The maximum atomic E-state index is 12.9. The van der Waals surface area contributed by atoms with Crippen molar-refractivity contribution in [2.75, 3.05) is 16.8 Å². The summed E-state index contributed by atoms with van der Waals surface area (Å²) in [5.74, 6) is -0.676. The van der Waals surface area contributed by atoms with Crippen LogP contribution >= 0.6 is 11.6 Å². The van der Waals surface area contributed by atoms with Crippen LogP contribution in [-0.4, -0.2) is 24.3 Å². The summed E-state index contributed by atoms with van der Waals surface area (Å²) >= 11 is 5.91. The molecule has 0 unspecified atom stereocenters. The van der Waals surface area contributed by atoms with Crippen LogP contribution in [0.15, 0.2) is 71.3 Å². The van der Waals surface area contributed by atoms with E-state index in [0.717, 1.165) is 0 Å². The summed E-state index contributed by atoms with van der Waals surface area (Å²) in [7, 11) is 0. The molecule has 0 bridgehead atoms. The molecule has 1 aliphatic rings. The number of carbonyl (C=O) groups is 3. The van der Waals surface area contributed by atoms with Gasteiger partial charge in [0.15, 0.2) is 0 Å². The van der Waals surface area contributed by atoms with Crippen molar-refractivity contribution in [3.8, 4) is 0 Å². The number of furan rings is 1. The number of nitrogens with one attached hydrogen (secondary N) is 2. The topological polar surface area (TPSA) is 91.6 Å². The molecule has 0 aliphatic carbocycles. The van der Waals surface area contributed by atoms with E-state index in [2.05, 4.69) is 10.6 Å². The quantitative estimate of drug-likeness (QED) is 0.612. The van der Waals surface area contributed by atoms with Crippen LogP contribution in [0, 0.1) is 5.92 Å². The lowest BCUT2D eigenvalue weighted by Gasteiger charge is -2.17. The summed E-state index contributed by atoms with van der Waals surface area (Å²) in [6.07, 6.45) is 1.63. The minimum absolute atomic E-state index is 0.0985. The highest BCUT2D eigenvalue weighted by Gasteiger charge is 2.35. The third-order valence-electron chi connectivity index (χ3n) is 5.07. The van der Waals surface area contributed by atoms with E-state index in [0.29, 0.717) is 27.7 Å². The Labute approximate surface area is 184 Å². The summed E-state index contributed by atoms with van der Waals surface area (Å²) in [6.45, 7) is 0.500. The highest BCUT2D eigenvalue weighted by atomic mass is 35.5. The molecule has 2 aromatic carbocycles. The lowest BCUT2D eigenvalue weighted by Crippen LogP contribution is -2.29. The van der Waals surface area contributed by atoms with Crippen LogP contribution in [0.4, 0.5) is 11.4 Å². The average molecular weight is 438 g/mol. The van der Waals surface area contributed by atoms with E-state index in [1.54, 1.807) is 65.6 Å². The van der Waals surface area contributed by atoms with Gasteiger partial charge in [0.05, 0.1) is 30.0 Å². The summed E-state index contributed by atoms with van der Waals surface area (Å²) in [5.41, 5.74) is 1.42. The first-order chi connectivity index (χ1) is 15.0. The second kappa shape index (κ2) is 9.06. The number of para-hydroxylation sites is 1. The predicted octanol–water partition coefficient (Wildman–Crippen LogP) is 3.85. The Morgan fingerprint density at radius 3 is 2.58 bits per heavy atom. The molecule has 8 heteroatoms. The van der Waals surface area contributed by atoms with E-state index < -0.39 is 5.92 Å². The molecule has 31 heavy (non-hydrogen) atoms. The van der Waals surface area contributed by atoms with Crippen molar-refractivity contribution in [1.29, 1.82) is 0 Å². The zero-order valence-corrected chi connectivity index (χ0v) is 17.3. The molecule has 158 valence electrons.